The summed E-state index contributed by atoms with van der Waals surface area (Å²) in [5.74, 6) is -0.617. The Morgan fingerprint density at radius 2 is 1.62 bits per heavy atom. The van der Waals surface area contributed by atoms with Crippen LogP contribution in [0.15, 0.2) is 53.4 Å². The molecule has 0 radical (unpaired) electrons. The summed E-state index contributed by atoms with van der Waals surface area (Å²) < 4.78 is 0. The van der Waals surface area contributed by atoms with Crippen LogP contribution in [-0.2, 0) is 10.2 Å². The second-order valence-corrected chi connectivity index (χ2v) is 13.5. The Labute approximate surface area is 229 Å². The maximum Gasteiger partial charge on any atom is 0.305 e. The normalized spacial score (nSPS) is 12.5. The van der Waals surface area contributed by atoms with Crippen molar-refractivity contribution in [2.45, 2.75) is 76.9 Å². The van der Waals surface area contributed by atoms with Crippen LogP contribution in [0, 0.1) is 19.8 Å². The Morgan fingerprint density at radius 3 is 2.16 bits per heavy atom. The molecule has 1 atom stereocenters. The van der Waals surface area contributed by atoms with E-state index in [2.05, 4.69) is 90.2 Å². The van der Waals surface area contributed by atoms with Crippen LogP contribution in [0.2, 0.25) is 0 Å². The molecule has 1 amide bonds. The first-order valence-corrected chi connectivity index (χ1v) is 14.5. The summed E-state index contributed by atoms with van der Waals surface area (Å²) in [6.07, 6.45) is 0.921. The van der Waals surface area contributed by atoms with Crippen molar-refractivity contribution >= 4 is 35.0 Å². The molecule has 0 saturated heterocycles. The molecule has 1 unspecified atom stereocenters. The monoisotopic (exact) mass is 537 g/mol. The minimum Gasteiger partial charge on any atom is -0.481 e. The highest BCUT2D eigenvalue weighted by molar-refractivity contribution is 7.99. The number of amides is 1. The molecule has 0 aliphatic carbocycles. The van der Waals surface area contributed by atoms with Gasteiger partial charge in [-0.15, -0.1) is 23.1 Å². The third-order valence-electron chi connectivity index (χ3n) is 6.30. The maximum absolute atomic E-state index is 12.5. The van der Waals surface area contributed by atoms with E-state index in [1.165, 1.54) is 48.9 Å². The predicted octanol–water partition coefficient (Wildman–Crippen LogP) is 8.41. The van der Waals surface area contributed by atoms with Gasteiger partial charge in [0.05, 0.1) is 11.3 Å². The molecule has 3 rings (SSSR count). The van der Waals surface area contributed by atoms with Gasteiger partial charge in [-0.2, -0.15) is 0 Å². The summed E-state index contributed by atoms with van der Waals surface area (Å²) in [4.78, 5) is 26.2. The number of carboxylic acids is 1. The molecule has 0 aliphatic heterocycles. The SMILES string of the molecule is Cc1cc(SC(CC(C)C)c2ccc(C(=O)NCCC(=O)O)s2)cc(C)c1-c1ccc(C(C)(C)C)cc1. The topological polar surface area (TPSA) is 66.4 Å². The number of carbonyl (C=O) groups is 2. The minimum atomic E-state index is -0.918. The van der Waals surface area contributed by atoms with Crippen LogP contribution in [0.3, 0.4) is 0 Å². The number of carbonyl (C=O) groups excluding carboxylic acids is 1. The third-order valence-corrected chi connectivity index (χ3v) is 8.89. The van der Waals surface area contributed by atoms with Crippen molar-refractivity contribution < 1.29 is 14.7 Å². The highest BCUT2D eigenvalue weighted by Gasteiger charge is 2.21. The van der Waals surface area contributed by atoms with E-state index < -0.39 is 5.97 Å². The molecule has 0 bridgehead atoms. The van der Waals surface area contributed by atoms with Crippen LogP contribution in [-0.4, -0.2) is 23.5 Å². The lowest BCUT2D eigenvalue weighted by Gasteiger charge is -2.21. The van der Waals surface area contributed by atoms with Crippen molar-refractivity contribution in [3.63, 3.8) is 0 Å². The van der Waals surface area contributed by atoms with Crippen LogP contribution < -0.4 is 5.32 Å². The highest BCUT2D eigenvalue weighted by Crippen LogP contribution is 2.44. The first-order valence-electron chi connectivity index (χ1n) is 12.8. The van der Waals surface area contributed by atoms with Crippen LogP contribution in [0.5, 0.6) is 0 Å². The van der Waals surface area contributed by atoms with Gasteiger partial charge in [0, 0.05) is 21.6 Å². The lowest BCUT2D eigenvalue weighted by molar-refractivity contribution is -0.136. The molecule has 2 aromatic carbocycles. The summed E-state index contributed by atoms with van der Waals surface area (Å²) >= 11 is 3.36. The Hall–Kier alpha value is -2.57. The van der Waals surface area contributed by atoms with Gasteiger partial charge in [-0.1, -0.05) is 58.9 Å². The fourth-order valence-electron chi connectivity index (χ4n) is 4.42. The van der Waals surface area contributed by atoms with Gasteiger partial charge in [-0.25, -0.2) is 0 Å². The molecular weight excluding hydrogens is 498 g/mol. The van der Waals surface area contributed by atoms with Gasteiger partial charge in [-0.3, -0.25) is 9.59 Å². The van der Waals surface area contributed by atoms with E-state index in [-0.39, 0.29) is 29.5 Å². The van der Waals surface area contributed by atoms with E-state index in [0.717, 1.165) is 6.42 Å². The Bertz CT molecular complexity index is 1210. The third kappa shape index (κ3) is 7.96. The van der Waals surface area contributed by atoms with Gasteiger partial charge in [0.15, 0.2) is 0 Å². The molecule has 4 nitrogen and oxygen atoms in total. The minimum absolute atomic E-state index is 0.0781. The fraction of sp³-hybridized carbons (Fsp3) is 0.419. The number of benzene rings is 2. The van der Waals surface area contributed by atoms with Gasteiger partial charge in [0.25, 0.3) is 5.91 Å². The fourth-order valence-corrected chi connectivity index (χ4v) is 7.12. The average Bonchev–Trinajstić information content (AvgIpc) is 3.28. The molecule has 6 heteroatoms. The zero-order valence-electron chi connectivity index (χ0n) is 23.0. The Morgan fingerprint density at radius 1 is 1.00 bits per heavy atom. The molecule has 0 saturated carbocycles. The zero-order chi connectivity index (χ0) is 27.3. The van der Waals surface area contributed by atoms with Gasteiger partial charge < -0.3 is 10.4 Å². The zero-order valence-corrected chi connectivity index (χ0v) is 24.6. The number of aryl methyl sites for hydroxylation is 2. The van der Waals surface area contributed by atoms with Crippen molar-refractivity contribution in [1.29, 1.82) is 0 Å². The second kappa shape index (κ2) is 12.3. The summed E-state index contributed by atoms with van der Waals surface area (Å²) in [6.45, 7) is 15.7. The van der Waals surface area contributed by atoms with Gasteiger partial charge in [0.2, 0.25) is 0 Å². The molecule has 37 heavy (non-hydrogen) atoms. The van der Waals surface area contributed by atoms with E-state index in [0.29, 0.717) is 10.8 Å². The Balaban J connectivity index is 1.81. The van der Waals surface area contributed by atoms with E-state index in [1.807, 2.05) is 23.9 Å². The average molecular weight is 538 g/mol. The number of hydrogen-bond donors (Lipinski definition) is 2. The van der Waals surface area contributed by atoms with E-state index in [9.17, 15) is 9.59 Å². The summed E-state index contributed by atoms with van der Waals surface area (Å²) in [6, 6.07) is 17.4. The molecule has 0 aliphatic rings. The molecule has 2 N–H and O–H groups in total. The number of carboxylic acid groups (broad SMARTS) is 1. The van der Waals surface area contributed by atoms with Crippen molar-refractivity contribution in [1.82, 2.24) is 5.32 Å². The molecule has 1 heterocycles. The van der Waals surface area contributed by atoms with E-state index in [1.54, 1.807) is 0 Å². The molecule has 198 valence electrons. The lowest BCUT2D eigenvalue weighted by atomic mass is 9.85. The standard InChI is InChI=1S/C31H39NO3S2/c1-19(2)16-27(25-12-13-26(37-25)30(35)32-15-14-28(33)34)36-24-17-20(3)29(21(4)18-24)22-8-10-23(11-9-22)31(5,6)7/h8-13,17-19,27H,14-16H2,1-7H3,(H,32,35)(H,33,34). The van der Waals surface area contributed by atoms with Crippen LogP contribution in [0.25, 0.3) is 11.1 Å². The second-order valence-electron chi connectivity index (χ2n) is 11.1. The first-order chi connectivity index (χ1) is 17.3. The predicted molar refractivity (Wildman–Crippen MR) is 157 cm³/mol. The lowest BCUT2D eigenvalue weighted by Crippen LogP contribution is -2.25. The van der Waals surface area contributed by atoms with Crippen molar-refractivity contribution in [2.75, 3.05) is 6.54 Å². The molecule has 1 aromatic heterocycles. The van der Waals surface area contributed by atoms with E-state index >= 15 is 0 Å². The summed E-state index contributed by atoms with van der Waals surface area (Å²) in [5, 5.41) is 11.7. The molecule has 3 aromatic rings. The quantitative estimate of drug-likeness (QED) is 0.255. The van der Waals surface area contributed by atoms with E-state index in [4.69, 9.17) is 5.11 Å². The first kappa shape index (κ1) is 29.0. The van der Waals surface area contributed by atoms with Crippen LogP contribution in [0.4, 0.5) is 0 Å². The smallest absolute Gasteiger partial charge is 0.305 e. The Kier molecular flexibility index (Phi) is 9.65. The van der Waals surface area contributed by atoms with Gasteiger partial charge in [-0.05, 0) is 83.7 Å². The molecular formula is C31H39NO3S2. The number of aliphatic carboxylic acids is 1. The number of thiophene rings is 1. The number of thioether (sulfide) groups is 1. The largest absolute Gasteiger partial charge is 0.481 e. The van der Waals surface area contributed by atoms with Crippen molar-refractivity contribution in [3.8, 4) is 11.1 Å². The van der Waals surface area contributed by atoms with Crippen LogP contribution in [0.1, 0.15) is 83.9 Å². The number of hydrogen-bond acceptors (Lipinski definition) is 4. The molecule has 0 fully saturated rings. The van der Waals surface area contributed by atoms with Gasteiger partial charge >= 0.3 is 5.97 Å². The molecule has 0 spiro atoms. The van der Waals surface area contributed by atoms with Gasteiger partial charge in [0.1, 0.15) is 0 Å². The summed E-state index contributed by atoms with van der Waals surface area (Å²) in [7, 11) is 0. The number of rotatable bonds is 10. The van der Waals surface area contributed by atoms with Crippen LogP contribution >= 0.6 is 23.1 Å². The van der Waals surface area contributed by atoms with Crippen molar-refractivity contribution in [2.24, 2.45) is 5.92 Å². The van der Waals surface area contributed by atoms with Crippen molar-refractivity contribution in [3.05, 3.63) is 75.0 Å². The number of nitrogens with one attached hydrogen (secondary N) is 1. The highest BCUT2D eigenvalue weighted by atomic mass is 32.2. The summed E-state index contributed by atoms with van der Waals surface area (Å²) in [5.41, 5.74) is 6.53. The maximum atomic E-state index is 12.5.